The van der Waals surface area contributed by atoms with Crippen LogP contribution < -0.4 is 4.90 Å². The van der Waals surface area contributed by atoms with Gasteiger partial charge in [-0.15, -0.1) is 0 Å². The van der Waals surface area contributed by atoms with Crippen LogP contribution in [0, 0.1) is 0 Å². The number of morpholine rings is 1. The molecule has 6 rings (SSSR count). The van der Waals surface area contributed by atoms with Gasteiger partial charge < -0.3 is 14.0 Å². The van der Waals surface area contributed by atoms with Crippen molar-refractivity contribution in [2.75, 3.05) is 31.2 Å². The molecule has 6 heteroatoms. The number of benzene rings is 2. The summed E-state index contributed by atoms with van der Waals surface area (Å²) in [7, 11) is 0. The molecule has 0 saturated carbocycles. The van der Waals surface area contributed by atoms with Gasteiger partial charge in [0.2, 0.25) is 0 Å². The van der Waals surface area contributed by atoms with Gasteiger partial charge in [-0.25, -0.2) is 9.97 Å². The monoisotopic (exact) mass is 461 g/mol. The molecule has 1 aliphatic heterocycles. The Balaban J connectivity index is 1.43. The van der Waals surface area contributed by atoms with E-state index >= 15 is 0 Å². The van der Waals surface area contributed by atoms with Gasteiger partial charge in [-0.3, -0.25) is 4.98 Å². The van der Waals surface area contributed by atoms with Gasteiger partial charge in [0.05, 0.1) is 35.6 Å². The first-order valence-electron chi connectivity index (χ1n) is 12.0. The van der Waals surface area contributed by atoms with Crippen molar-refractivity contribution in [3.05, 3.63) is 96.8 Å². The van der Waals surface area contributed by atoms with Crippen LogP contribution in [0.3, 0.4) is 0 Å². The molecule has 0 radical (unpaired) electrons. The molecule has 6 nitrogen and oxygen atoms in total. The third-order valence-corrected chi connectivity index (χ3v) is 6.94. The van der Waals surface area contributed by atoms with Crippen molar-refractivity contribution in [3.63, 3.8) is 0 Å². The molecule has 5 aromatic rings. The van der Waals surface area contributed by atoms with Gasteiger partial charge in [-0.05, 0) is 47.5 Å². The number of hydrogen-bond acceptors (Lipinski definition) is 5. The first-order chi connectivity index (χ1) is 17.2. The quantitative estimate of drug-likeness (QED) is 0.342. The number of hydrogen-bond donors (Lipinski definition) is 0. The zero-order chi connectivity index (χ0) is 23.8. The van der Waals surface area contributed by atoms with Crippen LogP contribution in [0.4, 0.5) is 5.69 Å². The molecule has 0 spiro atoms. The minimum absolute atomic E-state index is 0.0857. The van der Waals surface area contributed by atoms with Crippen molar-refractivity contribution >= 4 is 28.2 Å². The molecule has 0 aliphatic carbocycles. The molecule has 4 heterocycles. The minimum Gasteiger partial charge on any atom is -0.378 e. The Morgan fingerprint density at radius 2 is 1.89 bits per heavy atom. The molecule has 2 aromatic carbocycles. The van der Waals surface area contributed by atoms with Crippen molar-refractivity contribution in [2.45, 2.75) is 12.8 Å². The second kappa shape index (κ2) is 8.96. The topological polar surface area (TPSA) is 55.5 Å². The van der Waals surface area contributed by atoms with Gasteiger partial charge >= 0.3 is 0 Å². The highest BCUT2D eigenvalue weighted by Gasteiger charge is 2.19. The van der Waals surface area contributed by atoms with Gasteiger partial charge in [0.1, 0.15) is 6.33 Å². The average Bonchev–Trinajstić information content (AvgIpc) is 3.41. The van der Waals surface area contributed by atoms with Crippen LogP contribution in [-0.2, 0) is 4.74 Å². The Bertz CT molecular complexity index is 1530. The summed E-state index contributed by atoms with van der Waals surface area (Å²) in [5.41, 5.74) is 8.55. The third-order valence-electron chi connectivity index (χ3n) is 6.94. The zero-order valence-corrected chi connectivity index (χ0v) is 19.8. The summed E-state index contributed by atoms with van der Waals surface area (Å²) in [5.74, 6) is 0.0857. The summed E-state index contributed by atoms with van der Waals surface area (Å²) < 4.78 is 7.62. The molecule has 1 aliphatic rings. The van der Waals surface area contributed by atoms with E-state index in [2.05, 4.69) is 82.5 Å². The first kappa shape index (κ1) is 21.5. The van der Waals surface area contributed by atoms with Crippen LogP contribution >= 0.6 is 0 Å². The molecule has 1 fully saturated rings. The number of aromatic nitrogens is 4. The van der Waals surface area contributed by atoms with Crippen LogP contribution in [0.15, 0.2) is 80.0 Å². The van der Waals surface area contributed by atoms with Gasteiger partial charge in [0.25, 0.3) is 0 Å². The molecule has 1 unspecified atom stereocenters. The van der Waals surface area contributed by atoms with E-state index in [4.69, 9.17) is 14.7 Å². The summed E-state index contributed by atoms with van der Waals surface area (Å²) in [6.45, 7) is 9.58. The fraction of sp³-hybridized carbons (Fsp3) is 0.207. The number of anilines is 1. The molecule has 3 aromatic heterocycles. The number of nitrogens with zero attached hydrogens (tertiary/aromatic N) is 5. The molecule has 174 valence electrons. The Morgan fingerprint density at radius 3 is 2.74 bits per heavy atom. The Kier molecular flexibility index (Phi) is 5.51. The Labute approximate surface area is 204 Å². The summed E-state index contributed by atoms with van der Waals surface area (Å²) >= 11 is 0. The summed E-state index contributed by atoms with van der Waals surface area (Å²) in [4.78, 5) is 16.4. The lowest BCUT2D eigenvalue weighted by atomic mass is 9.89. The van der Waals surface area contributed by atoms with E-state index in [1.165, 1.54) is 11.3 Å². The second-order valence-electron chi connectivity index (χ2n) is 8.91. The third kappa shape index (κ3) is 3.86. The lowest BCUT2D eigenvalue weighted by Gasteiger charge is -2.29. The molecule has 35 heavy (non-hydrogen) atoms. The van der Waals surface area contributed by atoms with Crippen LogP contribution in [0.25, 0.3) is 33.8 Å². The van der Waals surface area contributed by atoms with Crippen LogP contribution in [-0.4, -0.2) is 45.7 Å². The predicted molar refractivity (Wildman–Crippen MR) is 141 cm³/mol. The Morgan fingerprint density at radius 1 is 1.00 bits per heavy atom. The Hall–Kier alpha value is -4.03. The second-order valence-corrected chi connectivity index (χ2v) is 8.91. The number of ether oxygens (including phenoxy) is 1. The SMILES string of the molecule is C=Cc1ccc(-c2ncnc3cc(N4CCOCC4)ccc23)cc1C(C)c1nccn2cccc12. The summed E-state index contributed by atoms with van der Waals surface area (Å²) in [6, 6.07) is 17.1. The molecule has 1 atom stereocenters. The highest BCUT2D eigenvalue weighted by atomic mass is 16.5. The molecule has 0 bridgehead atoms. The molecular weight excluding hydrogens is 434 g/mol. The summed E-state index contributed by atoms with van der Waals surface area (Å²) in [6.07, 6.45) is 9.47. The lowest BCUT2D eigenvalue weighted by Crippen LogP contribution is -2.36. The number of fused-ring (bicyclic) bond motifs is 2. The van der Waals surface area contributed by atoms with Crippen molar-refractivity contribution < 1.29 is 4.74 Å². The van der Waals surface area contributed by atoms with Gasteiger partial charge in [0, 0.05) is 54.2 Å². The van der Waals surface area contributed by atoms with Crippen molar-refractivity contribution in [1.29, 1.82) is 0 Å². The largest absolute Gasteiger partial charge is 0.378 e. The summed E-state index contributed by atoms with van der Waals surface area (Å²) in [5, 5.41) is 1.04. The molecule has 1 saturated heterocycles. The molecule has 0 amide bonds. The van der Waals surface area contributed by atoms with E-state index in [0.29, 0.717) is 0 Å². The van der Waals surface area contributed by atoms with E-state index < -0.39 is 0 Å². The van der Waals surface area contributed by atoms with Crippen LogP contribution in [0.2, 0.25) is 0 Å². The standard InChI is InChI=1S/C29H27N5O/c1-3-21-6-7-22(17-25(21)20(2)28-27-5-4-11-34(27)12-10-30-28)29-24-9-8-23(18-26(24)31-19-32-29)33-13-15-35-16-14-33/h3-12,17-20H,1,13-16H2,2H3. The normalized spacial score (nSPS) is 14.9. The maximum atomic E-state index is 5.51. The predicted octanol–water partition coefficient (Wildman–Crippen LogP) is 5.58. The van der Waals surface area contributed by atoms with Gasteiger partial charge in [-0.2, -0.15) is 0 Å². The van der Waals surface area contributed by atoms with E-state index in [9.17, 15) is 0 Å². The van der Waals surface area contributed by atoms with E-state index in [-0.39, 0.29) is 5.92 Å². The maximum absolute atomic E-state index is 5.51. The van der Waals surface area contributed by atoms with Crippen molar-refractivity contribution in [1.82, 2.24) is 19.4 Å². The zero-order valence-electron chi connectivity index (χ0n) is 19.8. The number of rotatable bonds is 5. The van der Waals surface area contributed by atoms with E-state index in [1.807, 2.05) is 18.5 Å². The fourth-order valence-electron chi connectivity index (χ4n) is 5.05. The maximum Gasteiger partial charge on any atom is 0.116 e. The molecular formula is C29H27N5O. The smallest absolute Gasteiger partial charge is 0.116 e. The van der Waals surface area contributed by atoms with Gasteiger partial charge in [-0.1, -0.05) is 31.7 Å². The highest BCUT2D eigenvalue weighted by molar-refractivity contribution is 5.94. The first-order valence-corrected chi connectivity index (χ1v) is 12.0. The average molecular weight is 462 g/mol. The molecule has 0 N–H and O–H groups in total. The van der Waals surface area contributed by atoms with E-state index in [1.54, 1.807) is 6.33 Å². The minimum atomic E-state index is 0.0857. The lowest BCUT2D eigenvalue weighted by molar-refractivity contribution is 0.122. The van der Waals surface area contributed by atoms with E-state index in [0.717, 1.165) is 65.2 Å². The van der Waals surface area contributed by atoms with Crippen LogP contribution in [0.1, 0.15) is 29.7 Å². The van der Waals surface area contributed by atoms with Crippen LogP contribution in [0.5, 0.6) is 0 Å². The van der Waals surface area contributed by atoms with Gasteiger partial charge in [0.15, 0.2) is 0 Å². The highest BCUT2D eigenvalue weighted by Crippen LogP contribution is 2.34. The van der Waals surface area contributed by atoms with Crippen molar-refractivity contribution in [3.8, 4) is 11.3 Å². The fourth-order valence-corrected chi connectivity index (χ4v) is 5.05. The van der Waals surface area contributed by atoms with Crippen molar-refractivity contribution in [2.24, 2.45) is 0 Å².